The molecule has 2 saturated heterocycles. The molecule has 0 aromatic carbocycles. The fourth-order valence-electron chi connectivity index (χ4n) is 3.20. The van der Waals surface area contributed by atoms with Gasteiger partial charge in [-0.3, -0.25) is 0 Å². The van der Waals surface area contributed by atoms with Gasteiger partial charge in [0, 0.05) is 37.3 Å². The average molecular weight is 409 g/mol. The fourth-order valence-corrected chi connectivity index (χ4v) is 4.41. The molecule has 0 radical (unpaired) electrons. The first kappa shape index (κ1) is 21.4. The van der Waals surface area contributed by atoms with Crippen LogP contribution < -0.4 is 4.90 Å². The second-order valence-corrected chi connectivity index (χ2v) is 9.04. The molecular weight excluding hydrogens is 387 g/mol. The minimum atomic E-state index is -5.08. The van der Waals surface area contributed by atoms with Crippen LogP contribution in [-0.2, 0) is 14.8 Å². The molecule has 0 saturated carbocycles. The number of aromatic nitrogens is 1. The zero-order valence-electron chi connectivity index (χ0n) is 15.0. The van der Waals surface area contributed by atoms with E-state index in [9.17, 15) is 21.6 Å². The van der Waals surface area contributed by atoms with Crippen molar-refractivity contribution < 1.29 is 31.5 Å². The smallest absolute Gasteiger partial charge is 0.475 e. The van der Waals surface area contributed by atoms with Crippen molar-refractivity contribution in [2.75, 3.05) is 36.8 Å². The molecule has 3 heterocycles. The number of hydrogen-bond acceptors (Lipinski definition) is 5. The molecule has 2 fully saturated rings. The van der Waals surface area contributed by atoms with Gasteiger partial charge in [-0.25, -0.2) is 22.5 Å². The summed E-state index contributed by atoms with van der Waals surface area (Å²) in [6.45, 7) is 6.88. The summed E-state index contributed by atoms with van der Waals surface area (Å²) in [5.74, 6) is -1.55. The van der Waals surface area contributed by atoms with Crippen molar-refractivity contribution >= 4 is 21.8 Å². The Bertz CT molecular complexity index is 792. The van der Waals surface area contributed by atoms with Gasteiger partial charge in [0.15, 0.2) is 0 Å². The third-order valence-electron chi connectivity index (χ3n) is 4.65. The number of aliphatic carboxylic acids is 1. The van der Waals surface area contributed by atoms with Gasteiger partial charge in [0.25, 0.3) is 0 Å². The maximum Gasteiger partial charge on any atom is 0.490 e. The van der Waals surface area contributed by atoms with Gasteiger partial charge in [0.1, 0.15) is 5.82 Å². The Balaban J connectivity index is 0.000000321. The number of rotatable bonds is 3. The Hall–Kier alpha value is -1.88. The van der Waals surface area contributed by atoms with Crippen LogP contribution in [0.3, 0.4) is 0 Å². The first-order chi connectivity index (χ1) is 12.4. The SMILES string of the molecule is CCS(=O)(=O)N1CCC2(CN(c3cccc(C)n3)C2)C1.O=C(O)C(F)(F)F. The molecule has 152 valence electrons. The molecule has 0 atom stereocenters. The van der Waals surface area contributed by atoms with E-state index in [4.69, 9.17) is 9.90 Å². The summed E-state index contributed by atoms with van der Waals surface area (Å²) in [5, 5.41) is 7.12. The Morgan fingerprint density at radius 3 is 2.37 bits per heavy atom. The predicted molar refractivity (Wildman–Crippen MR) is 93.0 cm³/mol. The number of nitrogens with zero attached hydrogens (tertiary/aromatic N) is 3. The van der Waals surface area contributed by atoms with E-state index in [1.165, 1.54) is 0 Å². The predicted octanol–water partition coefficient (Wildman–Crippen LogP) is 1.89. The second kappa shape index (κ2) is 7.63. The molecule has 11 heteroatoms. The number of anilines is 1. The molecule has 0 aliphatic carbocycles. The van der Waals surface area contributed by atoms with E-state index in [0.717, 1.165) is 31.0 Å². The molecule has 1 N–H and O–H groups in total. The zero-order chi connectivity index (χ0) is 20.5. The van der Waals surface area contributed by atoms with Crippen molar-refractivity contribution in [3.8, 4) is 0 Å². The van der Waals surface area contributed by atoms with Crippen LogP contribution in [0, 0.1) is 12.3 Å². The van der Waals surface area contributed by atoms with Crippen molar-refractivity contribution in [2.24, 2.45) is 5.41 Å². The lowest BCUT2D eigenvalue weighted by Crippen LogP contribution is -2.58. The molecular formula is C16H22F3N3O4S. The van der Waals surface area contributed by atoms with Crippen LogP contribution in [0.15, 0.2) is 18.2 Å². The summed E-state index contributed by atoms with van der Waals surface area (Å²) in [6, 6.07) is 6.03. The molecule has 0 bridgehead atoms. The number of sulfonamides is 1. The lowest BCUT2D eigenvalue weighted by atomic mass is 9.79. The second-order valence-electron chi connectivity index (χ2n) is 6.78. The normalized spacial score (nSPS) is 19.4. The van der Waals surface area contributed by atoms with Crippen LogP contribution in [0.1, 0.15) is 19.0 Å². The van der Waals surface area contributed by atoms with Crippen molar-refractivity contribution in [1.29, 1.82) is 0 Å². The van der Waals surface area contributed by atoms with E-state index in [0.29, 0.717) is 13.1 Å². The van der Waals surface area contributed by atoms with E-state index in [1.54, 1.807) is 11.2 Å². The van der Waals surface area contributed by atoms with Gasteiger partial charge < -0.3 is 10.0 Å². The van der Waals surface area contributed by atoms with E-state index in [2.05, 4.69) is 9.88 Å². The Kier molecular flexibility index (Phi) is 6.05. The standard InChI is InChI=1S/C14H21N3O2S.C2HF3O2/c1-3-20(18,19)17-8-7-14(11-17)9-16(10-14)13-6-4-5-12(2)15-13;3-2(4,5)1(6)7/h4-6H,3,7-11H2,1-2H3;(H,6,7). The number of pyridine rings is 1. The summed E-state index contributed by atoms with van der Waals surface area (Å²) in [6.07, 6.45) is -4.12. The highest BCUT2D eigenvalue weighted by atomic mass is 32.2. The summed E-state index contributed by atoms with van der Waals surface area (Å²) in [4.78, 5) is 15.7. The van der Waals surface area contributed by atoms with Crippen molar-refractivity contribution in [3.05, 3.63) is 23.9 Å². The molecule has 27 heavy (non-hydrogen) atoms. The molecule has 0 amide bonds. The van der Waals surface area contributed by atoms with Crippen LogP contribution in [0.5, 0.6) is 0 Å². The van der Waals surface area contributed by atoms with Crippen LogP contribution in [0.25, 0.3) is 0 Å². The number of hydrogen-bond donors (Lipinski definition) is 1. The molecule has 1 aromatic rings. The molecule has 2 aliphatic heterocycles. The lowest BCUT2D eigenvalue weighted by molar-refractivity contribution is -0.192. The lowest BCUT2D eigenvalue weighted by Gasteiger charge is -2.48. The minimum Gasteiger partial charge on any atom is -0.475 e. The molecule has 1 spiro atoms. The summed E-state index contributed by atoms with van der Waals surface area (Å²) < 4.78 is 57.2. The van der Waals surface area contributed by atoms with Crippen molar-refractivity contribution in [2.45, 2.75) is 26.4 Å². The number of carbonyl (C=O) groups is 1. The number of alkyl halides is 3. The van der Waals surface area contributed by atoms with E-state index in [1.807, 2.05) is 25.1 Å². The van der Waals surface area contributed by atoms with Gasteiger partial charge in [-0.2, -0.15) is 13.2 Å². The van der Waals surface area contributed by atoms with Gasteiger partial charge in [-0.1, -0.05) is 6.07 Å². The Labute approximate surface area is 155 Å². The summed E-state index contributed by atoms with van der Waals surface area (Å²) in [5.41, 5.74) is 1.17. The van der Waals surface area contributed by atoms with E-state index < -0.39 is 22.2 Å². The number of aryl methyl sites for hydroxylation is 1. The molecule has 1 aromatic heterocycles. The zero-order valence-corrected chi connectivity index (χ0v) is 15.8. The fraction of sp³-hybridized carbons (Fsp3) is 0.625. The van der Waals surface area contributed by atoms with Gasteiger partial charge in [0.05, 0.1) is 5.75 Å². The van der Waals surface area contributed by atoms with Gasteiger partial charge in [-0.15, -0.1) is 0 Å². The summed E-state index contributed by atoms with van der Waals surface area (Å²) >= 11 is 0. The third-order valence-corrected chi connectivity index (χ3v) is 6.48. The van der Waals surface area contributed by atoms with Gasteiger partial charge >= 0.3 is 12.1 Å². The van der Waals surface area contributed by atoms with Crippen molar-refractivity contribution in [1.82, 2.24) is 9.29 Å². The topological polar surface area (TPSA) is 90.8 Å². The number of carboxylic acids is 1. The van der Waals surface area contributed by atoms with Gasteiger partial charge in [0.2, 0.25) is 10.0 Å². The first-order valence-corrected chi connectivity index (χ1v) is 9.96. The van der Waals surface area contributed by atoms with Crippen molar-refractivity contribution in [3.63, 3.8) is 0 Å². The molecule has 7 nitrogen and oxygen atoms in total. The molecule has 2 aliphatic rings. The van der Waals surface area contributed by atoms with E-state index in [-0.39, 0.29) is 11.2 Å². The van der Waals surface area contributed by atoms with Crippen LogP contribution >= 0.6 is 0 Å². The molecule has 0 unspecified atom stereocenters. The van der Waals surface area contributed by atoms with Crippen LogP contribution in [0.2, 0.25) is 0 Å². The first-order valence-electron chi connectivity index (χ1n) is 8.35. The highest BCUT2D eigenvalue weighted by Crippen LogP contribution is 2.42. The summed E-state index contributed by atoms with van der Waals surface area (Å²) in [7, 11) is -3.03. The van der Waals surface area contributed by atoms with Crippen LogP contribution in [0.4, 0.5) is 19.0 Å². The largest absolute Gasteiger partial charge is 0.490 e. The maximum absolute atomic E-state index is 11.9. The van der Waals surface area contributed by atoms with E-state index >= 15 is 0 Å². The third kappa shape index (κ3) is 5.10. The Morgan fingerprint density at radius 1 is 1.30 bits per heavy atom. The number of halogens is 3. The quantitative estimate of drug-likeness (QED) is 0.820. The Morgan fingerprint density at radius 2 is 1.89 bits per heavy atom. The highest BCUT2D eigenvalue weighted by molar-refractivity contribution is 7.89. The highest BCUT2D eigenvalue weighted by Gasteiger charge is 2.50. The maximum atomic E-state index is 11.9. The molecule has 3 rings (SSSR count). The van der Waals surface area contributed by atoms with Crippen LogP contribution in [-0.4, -0.2) is 66.9 Å². The average Bonchev–Trinajstić information content (AvgIpc) is 2.99. The minimum absolute atomic E-state index is 0.146. The number of carboxylic acid groups (broad SMARTS) is 1. The monoisotopic (exact) mass is 409 g/mol. The van der Waals surface area contributed by atoms with Gasteiger partial charge in [-0.05, 0) is 32.4 Å².